The number of rotatable bonds is 6. The average Bonchev–Trinajstić information content (AvgIpc) is 3.12. The Hall–Kier alpha value is -2.17. The Balaban J connectivity index is 1.62. The molecule has 3 aromatic rings. The molecule has 142 valence electrons. The number of benzene rings is 1. The largest absolute Gasteiger partial charge is 0.338 e. The van der Waals surface area contributed by atoms with Crippen molar-refractivity contribution in [2.24, 2.45) is 0 Å². The summed E-state index contributed by atoms with van der Waals surface area (Å²) >= 11 is 0. The lowest BCUT2D eigenvalue weighted by Gasteiger charge is -2.28. The number of hydrogen-bond donors (Lipinski definition) is 1. The van der Waals surface area contributed by atoms with Crippen LogP contribution in [0.5, 0.6) is 0 Å². The zero-order chi connectivity index (χ0) is 18.6. The van der Waals surface area contributed by atoms with E-state index in [1.807, 2.05) is 12.3 Å². The Morgan fingerprint density at radius 1 is 1.04 bits per heavy atom. The van der Waals surface area contributed by atoms with Crippen molar-refractivity contribution in [3.63, 3.8) is 0 Å². The lowest BCUT2D eigenvalue weighted by molar-refractivity contribution is 0.233. The van der Waals surface area contributed by atoms with Gasteiger partial charge in [0.15, 0.2) is 0 Å². The third-order valence-corrected chi connectivity index (χ3v) is 5.80. The summed E-state index contributed by atoms with van der Waals surface area (Å²) in [5, 5.41) is 4.76. The van der Waals surface area contributed by atoms with Crippen molar-refractivity contribution in [1.82, 2.24) is 19.8 Å². The number of para-hydroxylation sites is 1. The van der Waals surface area contributed by atoms with Gasteiger partial charge in [-0.1, -0.05) is 24.3 Å². The van der Waals surface area contributed by atoms with Crippen LogP contribution in [0.3, 0.4) is 0 Å². The summed E-state index contributed by atoms with van der Waals surface area (Å²) < 4.78 is 2.46. The lowest BCUT2D eigenvalue weighted by Crippen LogP contribution is -2.43. The average molecular weight is 363 g/mol. The first-order valence-electron chi connectivity index (χ1n) is 10.1. The van der Waals surface area contributed by atoms with Gasteiger partial charge in [-0.3, -0.25) is 4.98 Å². The minimum Gasteiger partial charge on any atom is -0.338 e. The topological polar surface area (TPSA) is 33.1 Å². The number of fused-ring (bicyclic) bond motifs is 1. The molecule has 1 aliphatic rings. The molecule has 1 aromatic carbocycles. The van der Waals surface area contributed by atoms with Crippen LogP contribution in [-0.4, -0.2) is 47.2 Å². The van der Waals surface area contributed by atoms with Crippen LogP contribution < -0.4 is 5.32 Å². The van der Waals surface area contributed by atoms with Gasteiger partial charge >= 0.3 is 0 Å². The molecule has 0 radical (unpaired) electrons. The number of nitrogens with one attached hydrogen (secondary N) is 1. The van der Waals surface area contributed by atoms with Crippen molar-refractivity contribution in [1.29, 1.82) is 0 Å². The standard InChI is InChI=1S/C23H30N4/c1-18-7-4-11-25-22(18)21(9-5-14-26-16-12-24-13-17-26)27-15-10-20-8-3-6-19(2)23(20)27/h3-4,6-8,10-11,15,21,24H,5,9,12-14,16-17H2,1-2H3. The van der Waals surface area contributed by atoms with E-state index in [0.29, 0.717) is 0 Å². The third-order valence-electron chi connectivity index (χ3n) is 5.80. The molecule has 0 bridgehead atoms. The highest BCUT2D eigenvalue weighted by atomic mass is 15.2. The molecule has 0 spiro atoms. The van der Waals surface area contributed by atoms with Crippen LogP contribution in [0.1, 0.15) is 35.7 Å². The van der Waals surface area contributed by atoms with Gasteiger partial charge in [-0.15, -0.1) is 0 Å². The second-order valence-corrected chi connectivity index (χ2v) is 7.69. The lowest BCUT2D eigenvalue weighted by atomic mass is 10.0. The molecule has 1 saturated heterocycles. The Labute approximate surface area is 162 Å². The third kappa shape index (κ3) is 3.92. The van der Waals surface area contributed by atoms with Crippen molar-refractivity contribution >= 4 is 10.9 Å². The van der Waals surface area contributed by atoms with Gasteiger partial charge in [0.2, 0.25) is 0 Å². The molecule has 4 nitrogen and oxygen atoms in total. The summed E-state index contributed by atoms with van der Waals surface area (Å²) in [5.74, 6) is 0. The van der Waals surface area contributed by atoms with E-state index in [-0.39, 0.29) is 6.04 Å². The van der Waals surface area contributed by atoms with Crippen LogP contribution >= 0.6 is 0 Å². The zero-order valence-electron chi connectivity index (χ0n) is 16.5. The monoisotopic (exact) mass is 362 g/mol. The maximum Gasteiger partial charge on any atom is 0.0760 e. The molecule has 3 heterocycles. The smallest absolute Gasteiger partial charge is 0.0760 e. The Morgan fingerprint density at radius 2 is 1.85 bits per heavy atom. The summed E-state index contributed by atoms with van der Waals surface area (Å²) in [6.07, 6.45) is 6.48. The van der Waals surface area contributed by atoms with Crippen molar-refractivity contribution < 1.29 is 0 Å². The van der Waals surface area contributed by atoms with E-state index in [4.69, 9.17) is 4.98 Å². The molecular formula is C23H30N4. The van der Waals surface area contributed by atoms with E-state index in [1.165, 1.54) is 53.8 Å². The molecule has 27 heavy (non-hydrogen) atoms. The maximum absolute atomic E-state index is 4.79. The van der Waals surface area contributed by atoms with Gasteiger partial charge in [-0.2, -0.15) is 0 Å². The molecule has 0 amide bonds. The van der Waals surface area contributed by atoms with Crippen molar-refractivity contribution in [2.75, 3.05) is 32.7 Å². The van der Waals surface area contributed by atoms with E-state index >= 15 is 0 Å². The van der Waals surface area contributed by atoms with Crippen LogP contribution in [0.4, 0.5) is 0 Å². The molecule has 1 unspecified atom stereocenters. The second-order valence-electron chi connectivity index (χ2n) is 7.69. The van der Waals surface area contributed by atoms with Crippen LogP contribution in [-0.2, 0) is 0 Å². The van der Waals surface area contributed by atoms with E-state index in [9.17, 15) is 0 Å². The summed E-state index contributed by atoms with van der Waals surface area (Å²) in [4.78, 5) is 7.37. The summed E-state index contributed by atoms with van der Waals surface area (Å²) in [6, 6.07) is 13.3. The summed E-state index contributed by atoms with van der Waals surface area (Å²) in [6.45, 7) is 10.1. The van der Waals surface area contributed by atoms with Gasteiger partial charge in [0.25, 0.3) is 0 Å². The molecule has 4 rings (SSSR count). The summed E-state index contributed by atoms with van der Waals surface area (Å²) in [5.41, 5.74) is 5.16. The maximum atomic E-state index is 4.79. The first kappa shape index (κ1) is 18.2. The van der Waals surface area contributed by atoms with Crippen LogP contribution in [0, 0.1) is 13.8 Å². The highest BCUT2D eigenvalue weighted by Gasteiger charge is 2.20. The molecule has 1 atom stereocenters. The van der Waals surface area contributed by atoms with Gasteiger partial charge in [-0.25, -0.2) is 0 Å². The van der Waals surface area contributed by atoms with Crippen LogP contribution in [0.2, 0.25) is 0 Å². The van der Waals surface area contributed by atoms with Crippen molar-refractivity contribution in [2.45, 2.75) is 32.7 Å². The van der Waals surface area contributed by atoms with E-state index in [1.54, 1.807) is 0 Å². The predicted octanol–water partition coefficient (Wildman–Crippen LogP) is 3.93. The fourth-order valence-electron chi connectivity index (χ4n) is 4.36. The number of hydrogen-bond acceptors (Lipinski definition) is 3. The molecule has 0 aliphatic carbocycles. The van der Waals surface area contributed by atoms with Crippen LogP contribution in [0.15, 0.2) is 48.8 Å². The number of pyridine rings is 1. The molecule has 1 aliphatic heterocycles. The molecular weight excluding hydrogens is 332 g/mol. The van der Waals surface area contributed by atoms with Gasteiger partial charge < -0.3 is 14.8 Å². The normalized spacial score (nSPS) is 16.7. The van der Waals surface area contributed by atoms with Gasteiger partial charge in [0.1, 0.15) is 0 Å². The Morgan fingerprint density at radius 3 is 2.67 bits per heavy atom. The highest BCUT2D eigenvalue weighted by Crippen LogP contribution is 2.31. The minimum atomic E-state index is 0.285. The molecule has 0 saturated carbocycles. The highest BCUT2D eigenvalue weighted by molar-refractivity contribution is 5.83. The zero-order valence-corrected chi connectivity index (χ0v) is 16.5. The first-order valence-corrected chi connectivity index (χ1v) is 10.1. The van der Waals surface area contributed by atoms with Crippen molar-refractivity contribution in [3.05, 3.63) is 65.6 Å². The quantitative estimate of drug-likeness (QED) is 0.721. The Kier molecular flexibility index (Phi) is 5.55. The molecule has 1 N–H and O–H groups in total. The van der Waals surface area contributed by atoms with Gasteiger partial charge in [0.05, 0.1) is 17.3 Å². The molecule has 4 heteroatoms. The number of aryl methyl sites for hydroxylation is 2. The number of aromatic nitrogens is 2. The van der Waals surface area contributed by atoms with E-state index in [0.717, 1.165) is 19.5 Å². The number of piperazine rings is 1. The fourth-order valence-corrected chi connectivity index (χ4v) is 4.36. The first-order chi connectivity index (χ1) is 13.2. The van der Waals surface area contributed by atoms with E-state index < -0.39 is 0 Å². The SMILES string of the molecule is Cc1cccnc1C(CCCN1CCNCC1)n1ccc2cccc(C)c21. The number of nitrogens with zero attached hydrogens (tertiary/aromatic N) is 3. The molecule has 2 aromatic heterocycles. The minimum absolute atomic E-state index is 0.285. The van der Waals surface area contributed by atoms with Crippen LogP contribution in [0.25, 0.3) is 10.9 Å². The van der Waals surface area contributed by atoms with Crippen molar-refractivity contribution in [3.8, 4) is 0 Å². The Bertz CT molecular complexity index is 892. The summed E-state index contributed by atoms with van der Waals surface area (Å²) in [7, 11) is 0. The molecule has 1 fully saturated rings. The van der Waals surface area contributed by atoms with E-state index in [2.05, 4.69) is 65.2 Å². The second kappa shape index (κ2) is 8.24. The van der Waals surface area contributed by atoms with Gasteiger partial charge in [-0.05, 0) is 61.9 Å². The fraction of sp³-hybridized carbons (Fsp3) is 0.435. The predicted molar refractivity (Wildman–Crippen MR) is 112 cm³/mol. The van der Waals surface area contributed by atoms with Gasteiger partial charge in [0, 0.05) is 38.6 Å².